The highest BCUT2D eigenvalue weighted by molar-refractivity contribution is 7.89. The van der Waals surface area contributed by atoms with Gasteiger partial charge in [-0.15, -0.1) is 0 Å². The number of ether oxygens (including phenoxy) is 1. The Kier molecular flexibility index (Phi) is 3.44. The summed E-state index contributed by atoms with van der Waals surface area (Å²) in [5, 5.41) is 5.59. The van der Waals surface area contributed by atoms with Crippen LogP contribution in [0.5, 0.6) is 5.75 Å². The Labute approximate surface area is 103 Å². The van der Waals surface area contributed by atoms with Crippen LogP contribution in [0, 0.1) is 0 Å². The zero-order chi connectivity index (χ0) is 13.2. The standard InChI is InChI=1S/C11H11FN2O3S/c12-5-7-17-9-3-4-10(18(13,15)16)11-8(9)2-1-6-14-11/h1-4,6H,5,7H2,(H2,13,15,16). The van der Waals surface area contributed by atoms with Crippen molar-refractivity contribution in [1.82, 2.24) is 4.98 Å². The maximum atomic E-state index is 12.1. The smallest absolute Gasteiger partial charge is 0.240 e. The Bertz CT molecular complexity index is 673. The van der Waals surface area contributed by atoms with Gasteiger partial charge in [-0.2, -0.15) is 0 Å². The van der Waals surface area contributed by atoms with Gasteiger partial charge in [-0.05, 0) is 24.3 Å². The number of primary sulfonamides is 1. The molecule has 0 unspecified atom stereocenters. The summed E-state index contributed by atoms with van der Waals surface area (Å²) >= 11 is 0. The topological polar surface area (TPSA) is 82.3 Å². The number of rotatable bonds is 4. The van der Waals surface area contributed by atoms with E-state index in [9.17, 15) is 12.8 Å². The number of hydrogen-bond acceptors (Lipinski definition) is 4. The molecule has 1 heterocycles. The second kappa shape index (κ2) is 4.87. The van der Waals surface area contributed by atoms with E-state index in [1.54, 1.807) is 12.1 Å². The first-order valence-electron chi connectivity index (χ1n) is 5.13. The normalized spacial score (nSPS) is 11.7. The van der Waals surface area contributed by atoms with Crippen LogP contribution in [0.2, 0.25) is 0 Å². The van der Waals surface area contributed by atoms with Crippen LogP contribution < -0.4 is 9.88 Å². The number of alkyl halides is 1. The van der Waals surface area contributed by atoms with Crippen molar-refractivity contribution in [3.8, 4) is 5.75 Å². The number of benzene rings is 1. The van der Waals surface area contributed by atoms with Crippen molar-refractivity contribution < 1.29 is 17.5 Å². The van der Waals surface area contributed by atoms with Gasteiger partial charge in [0.1, 0.15) is 23.9 Å². The molecule has 0 aliphatic carbocycles. The van der Waals surface area contributed by atoms with Crippen LogP contribution in [-0.2, 0) is 10.0 Å². The molecule has 0 spiro atoms. The van der Waals surface area contributed by atoms with Gasteiger partial charge in [0, 0.05) is 11.6 Å². The fourth-order valence-corrected chi connectivity index (χ4v) is 2.31. The number of pyridine rings is 1. The van der Waals surface area contributed by atoms with E-state index >= 15 is 0 Å². The van der Waals surface area contributed by atoms with Crippen LogP contribution in [0.3, 0.4) is 0 Å². The molecule has 1 aromatic heterocycles. The Balaban J connectivity index is 2.66. The number of nitrogens with two attached hydrogens (primary N) is 1. The summed E-state index contributed by atoms with van der Waals surface area (Å²) < 4.78 is 40.1. The van der Waals surface area contributed by atoms with Crippen LogP contribution in [0.25, 0.3) is 10.9 Å². The first kappa shape index (κ1) is 12.7. The second-order valence-electron chi connectivity index (χ2n) is 3.54. The molecular formula is C11H11FN2O3S. The van der Waals surface area contributed by atoms with E-state index in [2.05, 4.69) is 4.98 Å². The average Bonchev–Trinajstić information content (AvgIpc) is 2.34. The summed E-state index contributed by atoms with van der Waals surface area (Å²) in [4.78, 5) is 3.91. The Hall–Kier alpha value is -1.73. The Morgan fingerprint density at radius 2 is 2.11 bits per heavy atom. The highest BCUT2D eigenvalue weighted by Gasteiger charge is 2.15. The molecule has 2 rings (SSSR count). The molecule has 0 fully saturated rings. The van der Waals surface area contributed by atoms with Crippen LogP contribution in [0.1, 0.15) is 0 Å². The Morgan fingerprint density at radius 1 is 1.33 bits per heavy atom. The molecule has 0 saturated carbocycles. The van der Waals surface area contributed by atoms with Gasteiger partial charge in [-0.3, -0.25) is 4.98 Å². The minimum Gasteiger partial charge on any atom is -0.490 e. The first-order valence-corrected chi connectivity index (χ1v) is 6.68. The van der Waals surface area contributed by atoms with Gasteiger partial charge in [0.25, 0.3) is 0 Å². The van der Waals surface area contributed by atoms with Crippen LogP contribution in [0.4, 0.5) is 4.39 Å². The molecule has 0 atom stereocenters. The number of fused-ring (bicyclic) bond motifs is 1. The minimum atomic E-state index is -3.86. The first-order chi connectivity index (χ1) is 8.54. The number of sulfonamides is 1. The van der Waals surface area contributed by atoms with Gasteiger partial charge in [-0.1, -0.05) is 0 Å². The van der Waals surface area contributed by atoms with Crippen molar-refractivity contribution in [2.75, 3.05) is 13.3 Å². The van der Waals surface area contributed by atoms with Crippen molar-refractivity contribution in [3.05, 3.63) is 30.5 Å². The van der Waals surface area contributed by atoms with E-state index in [1.807, 2.05) is 0 Å². The van der Waals surface area contributed by atoms with Gasteiger partial charge in [0.15, 0.2) is 0 Å². The highest BCUT2D eigenvalue weighted by atomic mass is 32.2. The number of hydrogen-bond donors (Lipinski definition) is 1. The third-order valence-electron chi connectivity index (χ3n) is 2.33. The summed E-state index contributed by atoms with van der Waals surface area (Å²) in [5.41, 5.74) is 0.219. The quantitative estimate of drug-likeness (QED) is 0.905. The predicted molar refractivity (Wildman–Crippen MR) is 64.6 cm³/mol. The van der Waals surface area contributed by atoms with Gasteiger partial charge >= 0.3 is 0 Å². The zero-order valence-corrected chi connectivity index (χ0v) is 10.2. The molecule has 0 bridgehead atoms. The number of nitrogens with zero attached hydrogens (tertiary/aromatic N) is 1. The zero-order valence-electron chi connectivity index (χ0n) is 9.34. The van der Waals surface area contributed by atoms with Crippen molar-refractivity contribution >= 4 is 20.9 Å². The van der Waals surface area contributed by atoms with Crippen molar-refractivity contribution in [3.63, 3.8) is 0 Å². The lowest BCUT2D eigenvalue weighted by atomic mass is 10.2. The SMILES string of the molecule is NS(=O)(=O)c1ccc(OCCF)c2cccnc12. The second-order valence-corrected chi connectivity index (χ2v) is 5.07. The molecule has 2 N–H and O–H groups in total. The van der Waals surface area contributed by atoms with E-state index in [0.717, 1.165) is 0 Å². The van der Waals surface area contributed by atoms with Crippen molar-refractivity contribution in [2.24, 2.45) is 5.14 Å². The van der Waals surface area contributed by atoms with Crippen molar-refractivity contribution in [2.45, 2.75) is 4.90 Å². The molecule has 2 aromatic rings. The van der Waals surface area contributed by atoms with Crippen LogP contribution >= 0.6 is 0 Å². The van der Waals surface area contributed by atoms with E-state index in [-0.39, 0.29) is 17.0 Å². The number of aromatic nitrogens is 1. The molecule has 7 heteroatoms. The molecule has 0 radical (unpaired) electrons. The molecule has 0 amide bonds. The lowest BCUT2D eigenvalue weighted by Crippen LogP contribution is -2.13. The summed E-state index contributed by atoms with van der Waals surface area (Å²) in [5.74, 6) is 0.378. The predicted octanol–water partition coefficient (Wildman–Crippen LogP) is 1.23. The van der Waals surface area contributed by atoms with Crippen LogP contribution in [0.15, 0.2) is 35.4 Å². The molecule has 5 nitrogen and oxygen atoms in total. The third-order valence-corrected chi connectivity index (χ3v) is 3.28. The maximum Gasteiger partial charge on any atom is 0.240 e. The summed E-state index contributed by atoms with van der Waals surface area (Å²) in [6, 6.07) is 6.03. The van der Waals surface area contributed by atoms with Gasteiger partial charge in [-0.25, -0.2) is 17.9 Å². The monoisotopic (exact) mass is 270 g/mol. The molecule has 18 heavy (non-hydrogen) atoms. The lowest BCUT2D eigenvalue weighted by Gasteiger charge is -2.09. The van der Waals surface area contributed by atoms with Gasteiger partial charge < -0.3 is 4.74 Å². The van der Waals surface area contributed by atoms with E-state index in [1.165, 1.54) is 18.3 Å². The fourth-order valence-electron chi connectivity index (χ4n) is 1.62. The number of halogens is 1. The van der Waals surface area contributed by atoms with E-state index < -0.39 is 16.7 Å². The largest absolute Gasteiger partial charge is 0.490 e. The highest BCUT2D eigenvalue weighted by Crippen LogP contribution is 2.28. The lowest BCUT2D eigenvalue weighted by molar-refractivity contribution is 0.276. The summed E-state index contributed by atoms with van der Waals surface area (Å²) in [6.45, 7) is -0.725. The third kappa shape index (κ3) is 2.41. The maximum absolute atomic E-state index is 12.1. The van der Waals surface area contributed by atoms with Gasteiger partial charge in [0.2, 0.25) is 10.0 Å². The minimum absolute atomic E-state index is 0.0781. The summed E-state index contributed by atoms with van der Waals surface area (Å²) in [7, 11) is -3.86. The molecule has 0 aliphatic rings. The van der Waals surface area contributed by atoms with E-state index in [4.69, 9.17) is 9.88 Å². The molecule has 0 aliphatic heterocycles. The van der Waals surface area contributed by atoms with Gasteiger partial charge in [0.05, 0.1) is 5.52 Å². The fraction of sp³-hybridized carbons (Fsp3) is 0.182. The average molecular weight is 270 g/mol. The molecule has 0 saturated heterocycles. The van der Waals surface area contributed by atoms with Crippen molar-refractivity contribution in [1.29, 1.82) is 0 Å². The van der Waals surface area contributed by atoms with E-state index in [0.29, 0.717) is 11.1 Å². The van der Waals surface area contributed by atoms with Crippen LogP contribution in [-0.4, -0.2) is 26.7 Å². The summed E-state index contributed by atoms with van der Waals surface area (Å²) in [6.07, 6.45) is 1.45. The molecule has 1 aromatic carbocycles. The molecule has 96 valence electrons. The Morgan fingerprint density at radius 3 is 2.78 bits per heavy atom. The molecular weight excluding hydrogens is 259 g/mol.